The van der Waals surface area contributed by atoms with Gasteiger partial charge in [-0.3, -0.25) is 0 Å². The van der Waals surface area contributed by atoms with Crippen LogP contribution in [0.3, 0.4) is 0 Å². The number of carbonyl (C=O) groups excluding carboxylic acids is 1. The molecular formula is C37H46N2O5. The first-order valence-corrected chi connectivity index (χ1v) is 16.0. The normalized spacial score (nSPS) is 22.9. The van der Waals surface area contributed by atoms with Gasteiger partial charge in [-0.1, -0.05) is 106 Å². The average molecular weight is 599 g/mol. The van der Waals surface area contributed by atoms with Gasteiger partial charge in [0.2, 0.25) is 0 Å². The van der Waals surface area contributed by atoms with Gasteiger partial charge in [-0.15, -0.1) is 0 Å². The molecular weight excluding hydrogens is 552 g/mol. The van der Waals surface area contributed by atoms with Crippen LogP contribution in [0.15, 0.2) is 85.5 Å². The van der Waals surface area contributed by atoms with Crippen molar-refractivity contribution in [1.29, 1.82) is 0 Å². The number of ether oxygens (including phenoxy) is 3. The maximum absolute atomic E-state index is 11.8. The fourth-order valence-electron chi connectivity index (χ4n) is 6.13. The van der Waals surface area contributed by atoms with Gasteiger partial charge in [-0.05, 0) is 59.8 Å². The number of hydrogen-bond donors (Lipinski definition) is 2. The highest BCUT2D eigenvalue weighted by Crippen LogP contribution is 2.42. The summed E-state index contributed by atoms with van der Waals surface area (Å²) in [5, 5.41) is 12.3. The molecule has 2 heterocycles. The molecule has 7 heteroatoms. The Balaban J connectivity index is 1.32. The highest BCUT2D eigenvalue weighted by atomic mass is 16.7. The molecule has 3 aromatic carbocycles. The van der Waals surface area contributed by atoms with Crippen molar-refractivity contribution in [2.45, 2.75) is 70.7 Å². The van der Waals surface area contributed by atoms with Gasteiger partial charge in [0.25, 0.3) is 0 Å². The third-order valence-corrected chi connectivity index (χ3v) is 8.72. The van der Waals surface area contributed by atoms with Crippen molar-refractivity contribution in [1.82, 2.24) is 10.2 Å². The van der Waals surface area contributed by atoms with Crippen molar-refractivity contribution in [2.75, 3.05) is 26.2 Å². The van der Waals surface area contributed by atoms with Gasteiger partial charge in [-0.2, -0.15) is 0 Å². The van der Waals surface area contributed by atoms with Gasteiger partial charge in [0, 0.05) is 24.6 Å². The lowest BCUT2D eigenvalue weighted by Crippen LogP contribution is -2.45. The van der Waals surface area contributed by atoms with Crippen LogP contribution in [0.5, 0.6) is 0 Å². The van der Waals surface area contributed by atoms with E-state index in [0.29, 0.717) is 6.54 Å². The van der Waals surface area contributed by atoms with Crippen LogP contribution in [0.25, 0.3) is 11.1 Å². The van der Waals surface area contributed by atoms with E-state index in [-0.39, 0.29) is 31.3 Å². The number of aliphatic hydroxyl groups is 1. The van der Waals surface area contributed by atoms with E-state index in [1.807, 2.05) is 24.3 Å². The van der Waals surface area contributed by atoms with Crippen LogP contribution >= 0.6 is 0 Å². The topological polar surface area (TPSA) is 80.3 Å². The van der Waals surface area contributed by atoms with Crippen LogP contribution in [0, 0.1) is 5.92 Å². The Bertz CT molecular complexity index is 1330. The SMILES string of the molecule is C=CCOC(=O)NCc1cccc(-c2ccc(C3OC(CN4CCCCCCC4)C(C)C(c4ccc(CO)cc4)O3)cc2)c1. The van der Waals surface area contributed by atoms with Crippen LogP contribution in [0.4, 0.5) is 4.79 Å². The Morgan fingerprint density at radius 3 is 2.34 bits per heavy atom. The van der Waals surface area contributed by atoms with E-state index in [2.05, 4.69) is 72.3 Å². The van der Waals surface area contributed by atoms with Crippen LogP contribution in [0.2, 0.25) is 0 Å². The Hall–Kier alpha value is -3.49. The number of carbonyl (C=O) groups is 1. The number of benzene rings is 3. The molecule has 3 aromatic rings. The molecule has 0 aliphatic carbocycles. The molecule has 4 unspecified atom stereocenters. The summed E-state index contributed by atoms with van der Waals surface area (Å²) < 4.78 is 18.4. The zero-order chi connectivity index (χ0) is 30.7. The molecule has 2 aliphatic heterocycles. The molecule has 0 saturated carbocycles. The molecule has 4 atom stereocenters. The Labute approximate surface area is 261 Å². The predicted octanol–water partition coefficient (Wildman–Crippen LogP) is 7.32. The molecule has 2 fully saturated rings. The molecule has 7 nitrogen and oxygen atoms in total. The van der Waals surface area contributed by atoms with Crippen molar-refractivity contribution in [3.63, 3.8) is 0 Å². The summed E-state index contributed by atoms with van der Waals surface area (Å²) >= 11 is 0. The molecule has 0 spiro atoms. The number of amides is 1. The zero-order valence-electron chi connectivity index (χ0n) is 25.8. The second-order valence-corrected chi connectivity index (χ2v) is 12.0. The van der Waals surface area contributed by atoms with Crippen molar-refractivity contribution >= 4 is 6.09 Å². The van der Waals surface area contributed by atoms with Crippen LogP contribution in [-0.2, 0) is 27.4 Å². The van der Waals surface area contributed by atoms with E-state index >= 15 is 0 Å². The molecule has 0 bridgehead atoms. The average Bonchev–Trinajstić information content (AvgIpc) is 3.05. The minimum atomic E-state index is -0.486. The molecule has 0 radical (unpaired) electrons. The second kappa shape index (κ2) is 16.0. The summed E-state index contributed by atoms with van der Waals surface area (Å²) in [7, 11) is 0. The van der Waals surface area contributed by atoms with E-state index in [0.717, 1.165) is 53.0 Å². The number of rotatable bonds is 10. The van der Waals surface area contributed by atoms with Crippen molar-refractivity contribution in [2.24, 2.45) is 5.92 Å². The number of nitrogens with one attached hydrogen (secondary N) is 1. The maximum atomic E-state index is 11.8. The van der Waals surface area contributed by atoms with Crippen molar-refractivity contribution < 1.29 is 24.1 Å². The van der Waals surface area contributed by atoms with Gasteiger partial charge < -0.3 is 29.5 Å². The molecule has 2 aliphatic rings. The first-order valence-electron chi connectivity index (χ1n) is 16.0. The molecule has 44 heavy (non-hydrogen) atoms. The van der Waals surface area contributed by atoms with E-state index in [1.54, 1.807) is 6.08 Å². The van der Waals surface area contributed by atoms with Gasteiger partial charge >= 0.3 is 6.09 Å². The molecule has 0 aromatic heterocycles. The van der Waals surface area contributed by atoms with E-state index < -0.39 is 12.4 Å². The third-order valence-electron chi connectivity index (χ3n) is 8.72. The van der Waals surface area contributed by atoms with Crippen molar-refractivity contribution in [3.05, 3.63) is 108 Å². The fourth-order valence-corrected chi connectivity index (χ4v) is 6.13. The maximum Gasteiger partial charge on any atom is 0.407 e. The summed E-state index contributed by atoms with van der Waals surface area (Å²) in [5.74, 6) is 0.168. The van der Waals surface area contributed by atoms with Crippen LogP contribution < -0.4 is 5.32 Å². The Morgan fingerprint density at radius 1 is 0.932 bits per heavy atom. The van der Waals surface area contributed by atoms with E-state index in [9.17, 15) is 9.90 Å². The lowest BCUT2D eigenvalue weighted by molar-refractivity contribution is -0.276. The highest BCUT2D eigenvalue weighted by molar-refractivity contribution is 5.68. The smallest absolute Gasteiger partial charge is 0.407 e. The van der Waals surface area contributed by atoms with Crippen LogP contribution in [0.1, 0.15) is 73.7 Å². The lowest BCUT2D eigenvalue weighted by atomic mass is 9.89. The van der Waals surface area contributed by atoms with Gasteiger partial charge in [0.1, 0.15) is 6.61 Å². The number of hydrogen-bond acceptors (Lipinski definition) is 6. The monoisotopic (exact) mass is 598 g/mol. The summed E-state index contributed by atoms with van der Waals surface area (Å²) in [6, 6.07) is 24.6. The fraction of sp³-hybridized carbons (Fsp3) is 0.432. The standard InChI is InChI=1S/C37H46N2O5/c1-3-22-42-37(41)38-24-29-10-9-11-33(23-29)30-16-18-32(19-17-30)36-43-34(25-39-20-7-5-4-6-8-21-39)27(2)35(44-36)31-14-12-28(26-40)13-15-31/h3,9-19,23,27,34-36,40H,1,4-8,20-22,24-26H2,2H3,(H,38,41). The molecule has 1 amide bonds. The van der Waals surface area contributed by atoms with Gasteiger partial charge in [0.15, 0.2) is 6.29 Å². The highest BCUT2D eigenvalue weighted by Gasteiger charge is 2.39. The Kier molecular flexibility index (Phi) is 11.6. The summed E-state index contributed by atoms with van der Waals surface area (Å²) in [6.45, 7) is 9.52. The molecule has 234 valence electrons. The summed E-state index contributed by atoms with van der Waals surface area (Å²) in [4.78, 5) is 14.4. The summed E-state index contributed by atoms with van der Waals surface area (Å²) in [6.07, 6.45) is 6.92. The zero-order valence-corrected chi connectivity index (χ0v) is 25.8. The van der Waals surface area contributed by atoms with Crippen molar-refractivity contribution in [3.8, 4) is 11.1 Å². The predicted molar refractivity (Wildman–Crippen MR) is 173 cm³/mol. The number of likely N-dealkylation sites (tertiary alicyclic amines) is 1. The third kappa shape index (κ3) is 8.57. The largest absolute Gasteiger partial charge is 0.445 e. The second-order valence-electron chi connectivity index (χ2n) is 12.0. The first kappa shape index (κ1) is 31.9. The Morgan fingerprint density at radius 2 is 1.64 bits per heavy atom. The number of alkyl carbamates (subject to hydrolysis) is 1. The minimum Gasteiger partial charge on any atom is -0.445 e. The molecule has 2 N–H and O–H groups in total. The van der Waals surface area contributed by atoms with Gasteiger partial charge in [0.05, 0.1) is 18.8 Å². The molecule has 2 saturated heterocycles. The molecule has 5 rings (SSSR count). The number of aliphatic hydroxyl groups excluding tert-OH is 1. The summed E-state index contributed by atoms with van der Waals surface area (Å²) in [5.41, 5.74) is 6.10. The van der Waals surface area contributed by atoms with E-state index in [4.69, 9.17) is 14.2 Å². The number of nitrogens with zero attached hydrogens (tertiary/aromatic N) is 1. The minimum absolute atomic E-state index is 0.0257. The van der Waals surface area contributed by atoms with Crippen LogP contribution in [-0.4, -0.2) is 48.4 Å². The van der Waals surface area contributed by atoms with Gasteiger partial charge in [-0.25, -0.2) is 4.79 Å². The van der Waals surface area contributed by atoms with E-state index in [1.165, 1.54) is 32.1 Å². The quantitative estimate of drug-likeness (QED) is 0.238. The lowest BCUT2D eigenvalue weighted by Gasteiger charge is -2.43. The first-order chi connectivity index (χ1) is 21.5.